The SMILES string of the molecule is O=S1(=O)CC[C@@H](N(Cc2ccco2)S(=O)(=O)c2ccccc2)C1. The minimum absolute atomic E-state index is 0.0105. The van der Waals surface area contributed by atoms with Crippen LogP contribution in [0, 0.1) is 0 Å². The van der Waals surface area contributed by atoms with Crippen LogP contribution in [0.3, 0.4) is 0 Å². The zero-order valence-corrected chi connectivity index (χ0v) is 14.0. The molecule has 8 heteroatoms. The molecular weight excluding hydrogens is 338 g/mol. The molecule has 1 atom stereocenters. The maximum absolute atomic E-state index is 12.9. The summed E-state index contributed by atoms with van der Waals surface area (Å²) in [4.78, 5) is 0.149. The van der Waals surface area contributed by atoms with E-state index >= 15 is 0 Å². The Hall–Kier alpha value is -1.64. The van der Waals surface area contributed by atoms with Gasteiger partial charge in [-0.1, -0.05) is 18.2 Å². The number of furan rings is 1. The molecule has 0 radical (unpaired) electrons. The van der Waals surface area contributed by atoms with Crippen molar-refractivity contribution in [3.8, 4) is 0 Å². The first-order valence-corrected chi connectivity index (χ1v) is 10.4. The van der Waals surface area contributed by atoms with Gasteiger partial charge in [0.05, 0.1) is 29.2 Å². The number of rotatable bonds is 5. The van der Waals surface area contributed by atoms with E-state index < -0.39 is 25.9 Å². The molecule has 1 aliphatic rings. The normalized spacial score (nSPS) is 20.8. The first kappa shape index (κ1) is 16.2. The Morgan fingerprint density at radius 1 is 1.13 bits per heavy atom. The van der Waals surface area contributed by atoms with Gasteiger partial charge in [0, 0.05) is 6.04 Å². The maximum atomic E-state index is 12.9. The third-order valence-electron chi connectivity index (χ3n) is 3.86. The lowest BCUT2D eigenvalue weighted by Gasteiger charge is -2.26. The lowest BCUT2D eigenvalue weighted by atomic mass is 10.2. The van der Waals surface area contributed by atoms with Gasteiger partial charge in [-0.3, -0.25) is 0 Å². The Balaban J connectivity index is 1.98. The molecule has 2 aromatic rings. The standard InChI is InChI=1S/C15H17NO5S2/c17-22(18)10-8-13(12-22)16(11-14-5-4-9-21-14)23(19,20)15-6-2-1-3-7-15/h1-7,9,13H,8,10-12H2/t13-/m1/s1. The number of hydrogen-bond acceptors (Lipinski definition) is 5. The van der Waals surface area contributed by atoms with Gasteiger partial charge in [0.1, 0.15) is 5.76 Å². The van der Waals surface area contributed by atoms with E-state index in [9.17, 15) is 16.8 Å². The zero-order valence-electron chi connectivity index (χ0n) is 12.3. The van der Waals surface area contributed by atoms with Crippen LogP contribution in [0.5, 0.6) is 0 Å². The van der Waals surface area contributed by atoms with Gasteiger partial charge in [-0.2, -0.15) is 4.31 Å². The average molecular weight is 355 g/mol. The van der Waals surface area contributed by atoms with Crippen molar-refractivity contribution < 1.29 is 21.3 Å². The molecule has 6 nitrogen and oxygen atoms in total. The molecule has 1 saturated heterocycles. The summed E-state index contributed by atoms with van der Waals surface area (Å²) in [5.74, 6) is 0.338. The summed E-state index contributed by atoms with van der Waals surface area (Å²) >= 11 is 0. The van der Waals surface area contributed by atoms with Gasteiger partial charge < -0.3 is 4.42 Å². The van der Waals surface area contributed by atoms with E-state index in [2.05, 4.69) is 0 Å². The summed E-state index contributed by atoms with van der Waals surface area (Å²) in [7, 11) is -7.00. The molecule has 2 heterocycles. The molecule has 1 aromatic heterocycles. The molecule has 3 rings (SSSR count). The molecule has 23 heavy (non-hydrogen) atoms. The summed E-state index contributed by atoms with van der Waals surface area (Å²) < 4.78 is 55.9. The van der Waals surface area contributed by atoms with Gasteiger partial charge in [0.15, 0.2) is 9.84 Å². The smallest absolute Gasteiger partial charge is 0.243 e. The van der Waals surface area contributed by atoms with Gasteiger partial charge >= 0.3 is 0 Å². The van der Waals surface area contributed by atoms with Gasteiger partial charge in [0.2, 0.25) is 10.0 Å². The van der Waals surface area contributed by atoms with Gasteiger partial charge in [-0.05, 0) is 30.7 Å². The average Bonchev–Trinajstić information content (AvgIpc) is 3.14. The second-order valence-corrected chi connectivity index (χ2v) is 9.62. The van der Waals surface area contributed by atoms with Crippen molar-refractivity contribution in [2.75, 3.05) is 11.5 Å². The number of sulfone groups is 1. The molecule has 0 bridgehead atoms. The predicted octanol–water partition coefficient (Wildman–Crippen LogP) is 1.66. The monoisotopic (exact) mass is 355 g/mol. The highest BCUT2D eigenvalue weighted by atomic mass is 32.2. The van der Waals surface area contributed by atoms with Gasteiger partial charge in [-0.15, -0.1) is 0 Å². The van der Waals surface area contributed by atoms with E-state index in [1.165, 1.54) is 22.7 Å². The maximum Gasteiger partial charge on any atom is 0.243 e. The molecule has 1 fully saturated rings. The quantitative estimate of drug-likeness (QED) is 0.814. The Morgan fingerprint density at radius 3 is 2.43 bits per heavy atom. The first-order chi connectivity index (χ1) is 10.9. The molecule has 0 spiro atoms. The van der Waals surface area contributed by atoms with Crippen molar-refractivity contribution in [2.45, 2.75) is 23.9 Å². The molecule has 1 aromatic carbocycles. The van der Waals surface area contributed by atoms with E-state index in [1.54, 1.807) is 30.3 Å². The molecule has 0 unspecified atom stereocenters. The molecular formula is C15H17NO5S2. The number of nitrogens with zero attached hydrogens (tertiary/aromatic N) is 1. The molecule has 0 aliphatic carbocycles. The van der Waals surface area contributed by atoms with Gasteiger partial charge in [-0.25, -0.2) is 16.8 Å². The van der Waals surface area contributed by atoms with Crippen molar-refractivity contribution in [1.29, 1.82) is 0 Å². The minimum atomic E-state index is -3.80. The number of sulfonamides is 1. The summed E-state index contributed by atoms with van der Waals surface area (Å²) in [5.41, 5.74) is 0. The Bertz CT molecular complexity index is 858. The Labute approximate surface area is 135 Å². The lowest BCUT2D eigenvalue weighted by molar-refractivity contribution is 0.307. The fourth-order valence-corrected chi connectivity index (χ4v) is 6.16. The van der Waals surface area contributed by atoms with Crippen LogP contribution in [0.25, 0.3) is 0 Å². The second-order valence-electron chi connectivity index (χ2n) is 5.50. The van der Waals surface area contributed by atoms with Crippen molar-refractivity contribution in [3.63, 3.8) is 0 Å². The summed E-state index contributed by atoms with van der Waals surface area (Å²) in [6, 6.07) is 10.8. The van der Waals surface area contributed by atoms with E-state index in [0.29, 0.717) is 12.2 Å². The van der Waals surface area contributed by atoms with Crippen LogP contribution in [-0.2, 0) is 26.4 Å². The number of benzene rings is 1. The van der Waals surface area contributed by atoms with Crippen LogP contribution >= 0.6 is 0 Å². The summed E-state index contributed by atoms with van der Waals surface area (Å²) in [6.07, 6.45) is 1.77. The highest BCUT2D eigenvalue weighted by Crippen LogP contribution is 2.27. The van der Waals surface area contributed by atoms with Crippen LogP contribution < -0.4 is 0 Å². The molecule has 124 valence electrons. The third kappa shape index (κ3) is 3.49. The van der Waals surface area contributed by atoms with E-state index in [4.69, 9.17) is 4.42 Å². The second kappa shape index (κ2) is 6.10. The first-order valence-electron chi connectivity index (χ1n) is 7.18. The predicted molar refractivity (Wildman–Crippen MR) is 84.9 cm³/mol. The molecule has 0 amide bonds. The Kier molecular flexibility index (Phi) is 4.31. The van der Waals surface area contributed by atoms with Crippen molar-refractivity contribution in [3.05, 3.63) is 54.5 Å². The summed E-state index contributed by atoms with van der Waals surface area (Å²) in [5, 5.41) is 0. The summed E-state index contributed by atoms with van der Waals surface area (Å²) in [6.45, 7) is 0.0183. The van der Waals surface area contributed by atoms with Gasteiger partial charge in [0.25, 0.3) is 0 Å². The van der Waals surface area contributed by atoms with Crippen molar-refractivity contribution in [2.24, 2.45) is 0 Å². The topological polar surface area (TPSA) is 84.7 Å². The van der Waals surface area contributed by atoms with Crippen molar-refractivity contribution >= 4 is 19.9 Å². The van der Waals surface area contributed by atoms with Crippen LogP contribution in [-0.4, -0.2) is 38.7 Å². The lowest BCUT2D eigenvalue weighted by Crippen LogP contribution is -2.40. The largest absolute Gasteiger partial charge is 0.468 e. The van der Waals surface area contributed by atoms with Crippen molar-refractivity contribution in [1.82, 2.24) is 4.31 Å². The highest BCUT2D eigenvalue weighted by molar-refractivity contribution is 7.92. The molecule has 0 saturated carbocycles. The van der Waals surface area contributed by atoms with E-state index in [1.807, 2.05) is 0 Å². The highest BCUT2D eigenvalue weighted by Gasteiger charge is 2.39. The van der Waals surface area contributed by atoms with Crippen LogP contribution in [0.4, 0.5) is 0 Å². The molecule has 1 aliphatic heterocycles. The minimum Gasteiger partial charge on any atom is -0.468 e. The van der Waals surface area contributed by atoms with E-state index in [0.717, 1.165) is 0 Å². The number of hydrogen-bond donors (Lipinski definition) is 0. The fourth-order valence-electron chi connectivity index (χ4n) is 2.70. The van der Waals surface area contributed by atoms with E-state index in [-0.39, 0.29) is 22.9 Å². The van der Waals surface area contributed by atoms with Crippen LogP contribution in [0.1, 0.15) is 12.2 Å². The Morgan fingerprint density at radius 2 is 1.87 bits per heavy atom. The zero-order chi connectivity index (χ0) is 16.5. The van der Waals surface area contributed by atoms with Crippen LogP contribution in [0.2, 0.25) is 0 Å². The third-order valence-corrected chi connectivity index (χ3v) is 7.52. The van der Waals surface area contributed by atoms with Crippen LogP contribution in [0.15, 0.2) is 58.0 Å². The fraction of sp³-hybridized carbons (Fsp3) is 0.333. The molecule has 0 N–H and O–H groups in total.